The molecule has 0 heterocycles. The molecular formula is C14H20N2O3S. The number of rotatable bonds is 7. The Labute approximate surface area is 123 Å². The van der Waals surface area contributed by atoms with Gasteiger partial charge in [0.25, 0.3) is 0 Å². The first-order chi connectivity index (χ1) is 9.54. The van der Waals surface area contributed by atoms with Crippen molar-refractivity contribution in [2.75, 3.05) is 24.2 Å². The molecule has 0 spiro atoms. The molecule has 0 fully saturated rings. The van der Waals surface area contributed by atoms with E-state index in [1.807, 2.05) is 31.4 Å². The molecule has 20 heavy (non-hydrogen) atoms. The summed E-state index contributed by atoms with van der Waals surface area (Å²) in [7, 11) is 0. The van der Waals surface area contributed by atoms with E-state index in [2.05, 4.69) is 5.32 Å². The summed E-state index contributed by atoms with van der Waals surface area (Å²) in [6, 6.07) is 8.81. The van der Waals surface area contributed by atoms with Crippen LogP contribution < -0.4 is 10.2 Å². The number of benzene rings is 1. The lowest BCUT2D eigenvalue weighted by molar-refractivity contribution is -0.136. The smallest absolute Gasteiger partial charge is 0.321 e. The van der Waals surface area contributed by atoms with Gasteiger partial charge in [-0.15, -0.1) is 0 Å². The quantitative estimate of drug-likeness (QED) is 0.811. The minimum atomic E-state index is -0.920. The van der Waals surface area contributed by atoms with Crippen LogP contribution in [0.4, 0.5) is 10.5 Å². The second-order valence-electron chi connectivity index (χ2n) is 4.36. The summed E-state index contributed by atoms with van der Waals surface area (Å²) >= 11 is 1.67. The van der Waals surface area contributed by atoms with Crippen molar-refractivity contribution in [3.8, 4) is 0 Å². The molecular weight excluding hydrogens is 276 g/mol. The van der Waals surface area contributed by atoms with Crippen LogP contribution in [0.25, 0.3) is 0 Å². The zero-order valence-electron chi connectivity index (χ0n) is 11.7. The monoisotopic (exact) mass is 296 g/mol. The van der Waals surface area contributed by atoms with Gasteiger partial charge in [-0.05, 0) is 18.4 Å². The number of amides is 2. The summed E-state index contributed by atoms with van der Waals surface area (Å²) < 4.78 is 0. The summed E-state index contributed by atoms with van der Waals surface area (Å²) in [6.45, 7) is 2.73. The summed E-state index contributed by atoms with van der Waals surface area (Å²) in [4.78, 5) is 24.4. The van der Waals surface area contributed by atoms with Crippen LogP contribution in [0.3, 0.4) is 0 Å². The predicted octanol–water partition coefficient (Wildman–Crippen LogP) is 2.43. The number of carbonyl (C=O) groups is 2. The lowest BCUT2D eigenvalue weighted by Gasteiger charge is -2.23. The minimum absolute atomic E-state index is 0.0829. The van der Waals surface area contributed by atoms with E-state index >= 15 is 0 Å². The van der Waals surface area contributed by atoms with Crippen molar-refractivity contribution < 1.29 is 14.7 Å². The third kappa shape index (κ3) is 5.52. The molecule has 1 aromatic carbocycles. The third-order valence-electron chi connectivity index (χ3n) is 2.81. The Morgan fingerprint density at radius 3 is 2.55 bits per heavy atom. The standard InChI is InChI=1S/C14H20N2O3S/c1-11(20-2)10-15-14(19)16(9-8-13(17)18)12-6-4-3-5-7-12/h3-7,11H,8-10H2,1-2H3,(H,15,19)(H,17,18). The van der Waals surface area contributed by atoms with Crippen LogP contribution in [-0.2, 0) is 4.79 Å². The van der Waals surface area contributed by atoms with Gasteiger partial charge in [0.15, 0.2) is 0 Å². The number of thioether (sulfide) groups is 1. The Morgan fingerprint density at radius 1 is 1.35 bits per heavy atom. The van der Waals surface area contributed by atoms with Crippen LogP contribution in [0.5, 0.6) is 0 Å². The molecule has 0 radical (unpaired) electrons. The van der Waals surface area contributed by atoms with E-state index in [4.69, 9.17) is 5.11 Å². The topological polar surface area (TPSA) is 69.6 Å². The van der Waals surface area contributed by atoms with E-state index in [1.54, 1.807) is 23.9 Å². The molecule has 0 aliphatic carbocycles. The van der Waals surface area contributed by atoms with Gasteiger partial charge in [-0.3, -0.25) is 9.69 Å². The Bertz CT molecular complexity index is 439. The number of urea groups is 1. The average Bonchev–Trinajstić information content (AvgIpc) is 2.45. The third-order valence-corrected chi connectivity index (χ3v) is 3.78. The van der Waals surface area contributed by atoms with Crippen LogP contribution >= 0.6 is 11.8 Å². The van der Waals surface area contributed by atoms with Crippen molar-refractivity contribution in [1.82, 2.24) is 5.32 Å². The molecule has 0 bridgehead atoms. The minimum Gasteiger partial charge on any atom is -0.481 e. The fourth-order valence-electron chi connectivity index (χ4n) is 1.57. The second kappa shape index (κ2) is 8.47. The largest absolute Gasteiger partial charge is 0.481 e. The lowest BCUT2D eigenvalue weighted by atomic mass is 10.2. The molecule has 1 rings (SSSR count). The van der Waals surface area contributed by atoms with Gasteiger partial charge < -0.3 is 10.4 Å². The highest BCUT2D eigenvalue weighted by atomic mass is 32.2. The molecule has 0 aliphatic heterocycles. The number of carbonyl (C=O) groups excluding carboxylic acids is 1. The zero-order valence-corrected chi connectivity index (χ0v) is 12.5. The molecule has 6 heteroatoms. The molecule has 0 saturated heterocycles. The van der Waals surface area contributed by atoms with Gasteiger partial charge in [0, 0.05) is 24.0 Å². The first-order valence-electron chi connectivity index (χ1n) is 6.39. The number of hydrogen-bond donors (Lipinski definition) is 2. The maximum Gasteiger partial charge on any atom is 0.321 e. The highest BCUT2D eigenvalue weighted by Crippen LogP contribution is 2.14. The van der Waals surface area contributed by atoms with Gasteiger partial charge in [-0.1, -0.05) is 25.1 Å². The average molecular weight is 296 g/mol. The van der Waals surface area contributed by atoms with Gasteiger partial charge in [-0.25, -0.2) is 4.79 Å². The molecule has 5 nitrogen and oxygen atoms in total. The van der Waals surface area contributed by atoms with E-state index in [1.165, 1.54) is 4.90 Å². The van der Waals surface area contributed by atoms with E-state index in [-0.39, 0.29) is 19.0 Å². The number of nitrogens with one attached hydrogen (secondary N) is 1. The number of carboxylic acid groups (broad SMARTS) is 1. The van der Waals surface area contributed by atoms with Crippen molar-refractivity contribution in [2.45, 2.75) is 18.6 Å². The van der Waals surface area contributed by atoms with Gasteiger partial charge in [0.2, 0.25) is 0 Å². The van der Waals surface area contributed by atoms with Crippen molar-refractivity contribution in [2.24, 2.45) is 0 Å². The molecule has 2 N–H and O–H groups in total. The molecule has 110 valence electrons. The van der Waals surface area contributed by atoms with Gasteiger partial charge in [0.05, 0.1) is 6.42 Å². The van der Waals surface area contributed by atoms with Crippen LogP contribution in [-0.4, -0.2) is 41.7 Å². The number of anilines is 1. The van der Waals surface area contributed by atoms with Gasteiger partial charge in [0.1, 0.15) is 0 Å². The summed E-state index contributed by atoms with van der Waals surface area (Å²) in [5.74, 6) is -0.920. The molecule has 2 amide bonds. The highest BCUT2D eigenvalue weighted by Gasteiger charge is 2.16. The lowest BCUT2D eigenvalue weighted by Crippen LogP contribution is -2.43. The zero-order chi connectivity index (χ0) is 15.0. The Hall–Kier alpha value is -1.69. The second-order valence-corrected chi connectivity index (χ2v) is 5.64. The Balaban J connectivity index is 2.71. The van der Waals surface area contributed by atoms with E-state index in [0.717, 1.165) is 0 Å². The Kier molecular flexibility index (Phi) is 6.93. The van der Waals surface area contributed by atoms with Gasteiger partial charge >= 0.3 is 12.0 Å². The van der Waals surface area contributed by atoms with Crippen LogP contribution in [0.1, 0.15) is 13.3 Å². The van der Waals surface area contributed by atoms with E-state index < -0.39 is 5.97 Å². The number of carboxylic acids is 1. The SMILES string of the molecule is CSC(C)CNC(=O)N(CCC(=O)O)c1ccccc1. The predicted molar refractivity (Wildman–Crippen MR) is 82.4 cm³/mol. The molecule has 1 unspecified atom stereocenters. The molecule has 0 saturated carbocycles. The number of aliphatic carboxylic acids is 1. The highest BCUT2D eigenvalue weighted by molar-refractivity contribution is 7.99. The van der Waals surface area contributed by atoms with Crippen LogP contribution in [0.2, 0.25) is 0 Å². The van der Waals surface area contributed by atoms with Crippen LogP contribution in [0, 0.1) is 0 Å². The van der Waals surface area contributed by atoms with Crippen molar-refractivity contribution in [1.29, 1.82) is 0 Å². The fourth-order valence-corrected chi connectivity index (χ4v) is 1.82. The number of nitrogens with zero attached hydrogens (tertiary/aromatic N) is 1. The fraction of sp³-hybridized carbons (Fsp3) is 0.429. The molecule has 0 aliphatic rings. The van der Waals surface area contributed by atoms with Crippen molar-refractivity contribution in [3.63, 3.8) is 0 Å². The molecule has 0 aromatic heterocycles. The number of para-hydroxylation sites is 1. The van der Waals surface area contributed by atoms with Gasteiger partial charge in [-0.2, -0.15) is 11.8 Å². The normalized spacial score (nSPS) is 11.7. The van der Waals surface area contributed by atoms with Crippen molar-refractivity contribution >= 4 is 29.4 Å². The molecule has 1 atom stereocenters. The first kappa shape index (κ1) is 16.4. The summed E-state index contributed by atoms with van der Waals surface area (Å²) in [6.07, 6.45) is 1.90. The van der Waals surface area contributed by atoms with Crippen molar-refractivity contribution in [3.05, 3.63) is 30.3 Å². The maximum atomic E-state index is 12.2. The maximum absolute atomic E-state index is 12.2. The van der Waals surface area contributed by atoms with E-state index in [0.29, 0.717) is 17.5 Å². The van der Waals surface area contributed by atoms with Crippen LogP contribution in [0.15, 0.2) is 30.3 Å². The Morgan fingerprint density at radius 2 is 2.00 bits per heavy atom. The summed E-state index contributed by atoms with van der Waals surface area (Å²) in [5.41, 5.74) is 0.697. The number of hydrogen-bond acceptors (Lipinski definition) is 3. The summed E-state index contributed by atoms with van der Waals surface area (Å²) in [5, 5.41) is 11.9. The molecule has 1 aromatic rings. The van der Waals surface area contributed by atoms with E-state index in [9.17, 15) is 9.59 Å². The first-order valence-corrected chi connectivity index (χ1v) is 7.68.